The highest BCUT2D eigenvalue weighted by atomic mass is 16.2. The Balaban J connectivity index is 2.00. The summed E-state index contributed by atoms with van der Waals surface area (Å²) < 4.78 is 0. The van der Waals surface area contributed by atoms with Crippen molar-refractivity contribution in [2.24, 2.45) is 5.92 Å². The molecule has 96 valence electrons. The molecule has 2 rings (SSSR count). The summed E-state index contributed by atoms with van der Waals surface area (Å²) in [7, 11) is 0. The van der Waals surface area contributed by atoms with Crippen molar-refractivity contribution in [2.75, 3.05) is 12.3 Å². The van der Waals surface area contributed by atoms with Gasteiger partial charge in [0.2, 0.25) is 11.8 Å². The molecule has 0 atom stereocenters. The number of rotatable bonds is 3. The van der Waals surface area contributed by atoms with Gasteiger partial charge in [-0.05, 0) is 24.0 Å². The molecule has 0 aliphatic carbocycles. The number of hydrogen-bond donors (Lipinski definition) is 1. The van der Waals surface area contributed by atoms with Crippen LogP contribution in [0.15, 0.2) is 24.3 Å². The molecule has 1 fully saturated rings. The molecule has 1 aromatic carbocycles. The second kappa shape index (κ2) is 5.21. The van der Waals surface area contributed by atoms with Crippen molar-refractivity contribution in [3.63, 3.8) is 0 Å². The van der Waals surface area contributed by atoms with Crippen molar-refractivity contribution >= 4 is 17.5 Å². The fraction of sp³-hybridized carbons (Fsp3) is 0.429. The molecule has 4 nitrogen and oxygen atoms in total. The lowest BCUT2D eigenvalue weighted by Gasteiger charge is -2.28. The normalized spacial score (nSPS) is 17.3. The molecule has 1 aromatic rings. The zero-order valence-electron chi connectivity index (χ0n) is 10.6. The molecular weight excluding hydrogens is 228 g/mol. The number of nitrogens with two attached hydrogens (primary N) is 1. The quantitative estimate of drug-likeness (QED) is 0.650. The van der Waals surface area contributed by atoms with Gasteiger partial charge in [-0.1, -0.05) is 25.1 Å². The first-order valence-electron chi connectivity index (χ1n) is 6.24. The minimum absolute atomic E-state index is 0.0618. The number of carbonyl (C=O) groups excluding carboxylic acids is 2. The van der Waals surface area contributed by atoms with Crippen molar-refractivity contribution in [1.82, 2.24) is 4.90 Å². The van der Waals surface area contributed by atoms with Crippen LogP contribution in [0.1, 0.15) is 25.3 Å². The van der Waals surface area contributed by atoms with Crippen LogP contribution in [0.3, 0.4) is 0 Å². The van der Waals surface area contributed by atoms with E-state index in [-0.39, 0.29) is 17.7 Å². The van der Waals surface area contributed by atoms with E-state index in [1.165, 1.54) is 4.90 Å². The van der Waals surface area contributed by atoms with Crippen LogP contribution in [-0.4, -0.2) is 23.3 Å². The van der Waals surface area contributed by atoms with E-state index < -0.39 is 0 Å². The van der Waals surface area contributed by atoms with Gasteiger partial charge in [-0.15, -0.1) is 0 Å². The van der Waals surface area contributed by atoms with E-state index in [2.05, 4.69) is 0 Å². The van der Waals surface area contributed by atoms with Crippen molar-refractivity contribution < 1.29 is 9.59 Å². The van der Waals surface area contributed by atoms with Gasteiger partial charge in [0.1, 0.15) is 0 Å². The number of imide groups is 1. The average molecular weight is 246 g/mol. The van der Waals surface area contributed by atoms with Gasteiger partial charge in [-0.25, -0.2) is 0 Å². The highest BCUT2D eigenvalue weighted by Crippen LogP contribution is 2.20. The average Bonchev–Trinajstić information content (AvgIpc) is 2.30. The van der Waals surface area contributed by atoms with Crippen molar-refractivity contribution in [1.29, 1.82) is 0 Å². The molecule has 0 saturated carbocycles. The summed E-state index contributed by atoms with van der Waals surface area (Å²) in [5.74, 6) is 0.0459. The van der Waals surface area contributed by atoms with Crippen LogP contribution < -0.4 is 5.73 Å². The highest BCUT2D eigenvalue weighted by Gasteiger charge is 2.29. The van der Waals surface area contributed by atoms with E-state index in [0.29, 0.717) is 31.5 Å². The first-order chi connectivity index (χ1) is 8.58. The standard InChI is InChI=1S/C14H18N2O2/c1-10-8-13(17)16(14(18)9-10)7-6-11-4-2-3-5-12(11)15/h2-5,10H,6-9,15H2,1H3. The van der Waals surface area contributed by atoms with Gasteiger partial charge in [-0.3, -0.25) is 14.5 Å². The number of benzene rings is 1. The summed E-state index contributed by atoms with van der Waals surface area (Å²) in [5.41, 5.74) is 7.53. The summed E-state index contributed by atoms with van der Waals surface area (Å²) in [5, 5.41) is 0. The van der Waals surface area contributed by atoms with Crippen molar-refractivity contribution in [3.8, 4) is 0 Å². The van der Waals surface area contributed by atoms with Gasteiger partial charge in [0.05, 0.1) is 0 Å². The molecule has 0 radical (unpaired) electrons. The number of anilines is 1. The highest BCUT2D eigenvalue weighted by molar-refractivity contribution is 5.97. The molecule has 1 aliphatic heterocycles. The molecule has 1 saturated heterocycles. The largest absolute Gasteiger partial charge is 0.399 e. The molecule has 0 unspecified atom stereocenters. The Morgan fingerprint density at radius 2 is 1.83 bits per heavy atom. The van der Waals surface area contributed by atoms with E-state index in [1.807, 2.05) is 31.2 Å². The summed E-state index contributed by atoms with van der Waals surface area (Å²) in [6.45, 7) is 2.36. The number of carbonyl (C=O) groups is 2. The lowest BCUT2D eigenvalue weighted by molar-refractivity contribution is -0.149. The zero-order valence-corrected chi connectivity index (χ0v) is 10.6. The van der Waals surface area contributed by atoms with E-state index in [1.54, 1.807) is 0 Å². The van der Waals surface area contributed by atoms with Crippen LogP contribution in [0.25, 0.3) is 0 Å². The van der Waals surface area contributed by atoms with Gasteiger partial charge < -0.3 is 5.73 Å². The molecule has 2 N–H and O–H groups in total. The third kappa shape index (κ3) is 2.70. The third-order valence-electron chi connectivity index (χ3n) is 3.31. The van der Waals surface area contributed by atoms with Crippen LogP contribution in [0.5, 0.6) is 0 Å². The summed E-state index contributed by atoms with van der Waals surface area (Å²) in [6.07, 6.45) is 1.56. The van der Waals surface area contributed by atoms with Crippen molar-refractivity contribution in [3.05, 3.63) is 29.8 Å². The van der Waals surface area contributed by atoms with Crippen molar-refractivity contribution in [2.45, 2.75) is 26.2 Å². The van der Waals surface area contributed by atoms with Crippen LogP contribution in [0, 0.1) is 5.92 Å². The number of piperidine rings is 1. The van der Waals surface area contributed by atoms with Crippen LogP contribution in [-0.2, 0) is 16.0 Å². The third-order valence-corrected chi connectivity index (χ3v) is 3.31. The molecule has 0 aromatic heterocycles. The molecule has 18 heavy (non-hydrogen) atoms. The second-order valence-corrected chi connectivity index (χ2v) is 4.90. The predicted octanol–water partition coefficient (Wildman–Crippen LogP) is 1.60. The Morgan fingerprint density at radius 3 is 2.44 bits per heavy atom. The molecule has 4 heteroatoms. The van der Waals surface area contributed by atoms with Gasteiger partial charge in [0.15, 0.2) is 0 Å². The Morgan fingerprint density at radius 1 is 1.22 bits per heavy atom. The Kier molecular flexibility index (Phi) is 3.65. The minimum Gasteiger partial charge on any atom is -0.399 e. The molecule has 2 amide bonds. The SMILES string of the molecule is CC1CC(=O)N(CCc2ccccc2N)C(=O)C1. The maximum atomic E-state index is 11.8. The molecule has 1 heterocycles. The second-order valence-electron chi connectivity index (χ2n) is 4.90. The van der Waals surface area contributed by atoms with Crippen LogP contribution >= 0.6 is 0 Å². The zero-order chi connectivity index (χ0) is 13.1. The first-order valence-corrected chi connectivity index (χ1v) is 6.24. The van der Waals surface area contributed by atoms with E-state index >= 15 is 0 Å². The smallest absolute Gasteiger partial charge is 0.229 e. The number of nitrogens with zero attached hydrogens (tertiary/aromatic N) is 1. The lowest BCUT2D eigenvalue weighted by Crippen LogP contribution is -2.43. The Labute approximate surface area is 107 Å². The van der Waals surface area contributed by atoms with Crippen LogP contribution in [0.2, 0.25) is 0 Å². The van der Waals surface area contributed by atoms with Gasteiger partial charge in [0, 0.05) is 25.1 Å². The summed E-state index contributed by atoms with van der Waals surface area (Å²) in [6, 6.07) is 7.54. The Hall–Kier alpha value is -1.84. The first kappa shape index (κ1) is 12.6. The maximum Gasteiger partial charge on any atom is 0.229 e. The minimum atomic E-state index is -0.0618. The number of likely N-dealkylation sites (tertiary alicyclic amines) is 1. The van der Waals surface area contributed by atoms with E-state index in [9.17, 15) is 9.59 Å². The van der Waals surface area contributed by atoms with Gasteiger partial charge in [0.25, 0.3) is 0 Å². The molecule has 1 aliphatic rings. The van der Waals surface area contributed by atoms with E-state index in [0.717, 1.165) is 5.56 Å². The topological polar surface area (TPSA) is 63.4 Å². The predicted molar refractivity (Wildman–Crippen MR) is 69.7 cm³/mol. The number of amides is 2. The lowest BCUT2D eigenvalue weighted by atomic mass is 9.97. The summed E-state index contributed by atoms with van der Waals surface area (Å²) in [4.78, 5) is 25.0. The fourth-order valence-corrected chi connectivity index (χ4v) is 2.27. The molecule has 0 bridgehead atoms. The van der Waals surface area contributed by atoms with E-state index in [4.69, 9.17) is 5.73 Å². The molecular formula is C14H18N2O2. The molecule has 0 spiro atoms. The Bertz CT molecular complexity index is 453. The number of para-hydroxylation sites is 1. The van der Waals surface area contributed by atoms with Gasteiger partial charge >= 0.3 is 0 Å². The number of nitrogen functional groups attached to an aromatic ring is 1. The fourth-order valence-electron chi connectivity index (χ4n) is 2.27. The maximum absolute atomic E-state index is 11.8. The van der Waals surface area contributed by atoms with Gasteiger partial charge in [-0.2, -0.15) is 0 Å². The monoisotopic (exact) mass is 246 g/mol. The summed E-state index contributed by atoms with van der Waals surface area (Å²) >= 11 is 0. The number of hydrogen-bond acceptors (Lipinski definition) is 3. The van der Waals surface area contributed by atoms with Crippen LogP contribution in [0.4, 0.5) is 5.69 Å².